The molecule has 0 aromatic carbocycles. The van der Waals surface area contributed by atoms with E-state index < -0.39 is 20.0 Å². The van der Waals surface area contributed by atoms with Crippen LogP contribution in [0.4, 0.5) is 0 Å². The molecule has 0 aliphatic carbocycles. The van der Waals surface area contributed by atoms with Crippen LogP contribution >= 0.6 is 7.82 Å². The molecule has 0 aromatic heterocycles. The third-order valence-corrected chi connectivity index (χ3v) is 11.0. The fourth-order valence-corrected chi connectivity index (χ4v) is 7.17. The number of unbranched alkanes of at least 4 members (excludes halogenated alkanes) is 27. The molecule has 3 unspecified atom stereocenters. The summed E-state index contributed by atoms with van der Waals surface area (Å²) in [5, 5.41) is 13.7. The van der Waals surface area contributed by atoms with E-state index in [0.717, 1.165) is 38.5 Å². The van der Waals surface area contributed by atoms with Crippen molar-refractivity contribution in [1.82, 2.24) is 5.32 Å². The number of nitrogens with zero attached hydrogens (tertiary/aromatic N) is 1. The highest BCUT2D eigenvalue weighted by Gasteiger charge is 2.23. The van der Waals surface area contributed by atoms with E-state index in [0.29, 0.717) is 17.4 Å². The van der Waals surface area contributed by atoms with Gasteiger partial charge in [-0.2, -0.15) is 0 Å². The summed E-state index contributed by atoms with van der Waals surface area (Å²) in [4.78, 5) is 25.2. The zero-order valence-electron chi connectivity index (χ0n) is 35.0. The van der Waals surface area contributed by atoms with Gasteiger partial charge in [-0.25, -0.2) is 0 Å². The van der Waals surface area contributed by atoms with Crippen molar-refractivity contribution >= 4 is 13.7 Å². The zero-order valence-corrected chi connectivity index (χ0v) is 35.9. The number of likely N-dealkylation sites (N-methyl/N-ethyl adjacent to an activating group) is 1. The first-order chi connectivity index (χ1) is 25.0. The molecule has 310 valence electrons. The van der Waals surface area contributed by atoms with Gasteiger partial charge in [-0.3, -0.25) is 9.36 Å². The lowest BCUT2D eigenvalue weighted by Gasteiger charge is -2.29. The standard InChI is InChI=1S/C43H87N2O6P/c1-6-8-10-12-14-16-17-18-19-20-21-22-23-24-25-26-27-29-30-32-34-36-42(46)41(40-51-52(48,49)50-39-38-45(3,4)5)44-43(47)37-35-33-31-28-15-13-11-9-7-2/h34,36,41-42,46H,6-33,35,37-40H2,1-5H3,(H-,44,47,48,49)/b36-34+. The Morgan fingerprint density at radius 1 is 0.654 bits per heavy atom. The minimum absolute atomic E-state index is 0.00179. The van der Waals surface area contributed by atoms with E-state index >= 15 is 0 Å². The molecule has 0 radical (unpaired) electrons. The molecule has 2 N–H and O–H groups in total. The minimum atomic E-state index is -4.58. The molecule has 52 heavy (non-hydrogen) atoms. The van der Waals surface area contributed by atoms with Crippen molar-refractivity contribution in [2.24, 2.45) is 0 Å². The summed E-state index contributed by atoms with van der Waals surface area (Å²) in [6.45, 7) is 4.63. The molecule has 0 aromatic rings. The Labute approximate surface area is 322 Å². The number of hydrogen-bond acceptors (Lipinski definition) is 6. The average molecular weight is 759 g/mol. The van der Waals surface area contributed by atoms with E-state index in [4.69, 9.17) is 9.05 Å². The topological polar surface area (TPSA) is 108 Å². The van der Waals surface area contributed by atoms with Crippen molar-refractivity contribution in [2.45, 2.75) is 219 Å². The van der Waals surface area contributed by atoms with Crippen molar-refractivity contribution in [3.8, 4) is 0 Å². The summed E-state index contributed by atoms with van der Waals surface area (Å²) < 4.78 is 23.1. The van der Waals surface area contributed by atoms with Crippen LogP contribution in [0.1, 0.15) is 206 Å². The van der Waals surface area contributed by atoms with Crippen molar-refractivity contribution in [1.29, 1.82) is 0 Å². The predicted molar refractivity (Wildman–Crippen MR) is 219 cm³/mol. The van der Waals surface area contributed by atoms with Crippen LogP contribution in [0.3, 0.4) is 0 Å². The average Bonchev–Trinajstić information content (AvgIpc) is 3.09. The summed E-state index contributed by atoms with van der Waals surface area (Å²) in [6, 6.07) is -0.878. The van der Waals surface area contributed by atoms with Crippen molar-refractivity contribution < 1.29 is 32.9 Å². The van der Waals surface area contributed by atoms with Crippen LogP contribution in [0.25, 0.3) is 0 Å². The van der Waals surface area contributed by atoms with Crippen LogP contribution < -0.4 is 10.2 Å². The number of amides is 1. The van der Waals surface area contributed by atoms with Crippen LogP contribution in [-0.4, -0.2) is 68.5 Å². The van der Waals surface area contributed by atoms with Crippen molar-refractivity contribution in [3.63, 3.8) is 0 Å². The molecule has 0 heterocycles. The maximum absolute atomic E-state index is 12.8. The zero-order chi connectivity index (χ0) is 38.6. The van der Waals surface area contributed by atoms with Gasteiger partial charge in [0.2, 0.25) is 5.91 Å². The number of nitrogens with one attached hydrogen (secondary N) is 1. The number of phosphoric ester groups is 1. The predicted octanol–water partition coefficient (Wildman–Crippen LogP) is 11.3. The first-order valence-electron chi connectivity index (χ1n) is 22.1. The van der Waals surface area contributed by atoms with E-state index in [1.165, 1.54) is 148 Å². The Hall–Kier alpha value is -0.760. The second kappa shape index (κ2) is 35.9. The largest absolute Gasteiger partial charge is 0.756 e. The molecule has 0 rings (SSSR count). The number of aliphatic hydroxyl groups is 1. The normalized spacial score (nSPS) is 14.5. The molecule has 9 heteroatoms. The summed E-state index contributed by atoms with van der Waals surface area (Å²) >= 11 is 0. The Kier molecular flexibility index (Phi) is 35.4. The smallest absolute Gasteiger partial charge is 0.268 e. The number of phosphoric acid groups is 1. The number of rotatable bonds is 40. The highest BCUT2D eigenvalue weighted by molar-refractivity contribution is 7.45. The molecule has 0 spiro atoms. The minimum Gasteiger partial charge on any atom is -0.756 e. The first kappa shape index (κ1) is 51.2. The number of aliphatic hydroxyl groups excluding tert-OH is 1. The number of hydrogen-bond donors (Lipinski definition) is 2. The van der Waals surface area contributed by atoms with E-state index in [9.17, 15) is 19.4 Å². The van der Waals surface area contributed by atoms with Gasteiger partial charge in [0.05, 0.1) is 39.9 Å². The molecule has 0 saturated heterocycles. The SMILES string of the molecule is CCCCCCCCCCCCCCCCCCCCC/C=C/C(O)C(COP(=O)([O-])OCC[N+](C)(C)C)NC(=O)CCCCCCCCCCC. The molecule has 0 saturated carbocycles. The molecule has 0 aliphatic rings. The molecule has 0 aliphatic heterocycles. The van der Waals surface area contributed by atoms with Crippen molar-refractivity contribution in [3.05, 3.63) is 12.2 Å². The first-order valence-corrected chi connectivity index (χ1v) is 23.5. The van der Waals surface area contributed by atoms with Crippen LogP contribution in [-0.2, 0) is 18.4 Å². The Bertz CT molecular complexity index is 865. The molecule has 1 amide bonds. The highest BCUT2D eigenvalue weighted by Crippen LogP contribution is 2.38. The van der Waals surface area contributed by atoms with Gasteiger partial charge in [0.1, 0.15) is 13.2 Å². The Morgan fingerprint density at radius 3 is 1.44 bits per heavy atom. The van der Waals surface area contributed by atoms with E-state index in [-0.39, 0.29) is 19.1 Å². The van der Waals surface area contributed by atoms with Crippen LogP contribution in [0.5, 0.6) is 0 Å². The molecular formula is C43H87N2O6P. The number of allylic oxidation sites excluding steroid dienone is 1. The van der Waals surface area contributed by atoms with Gasteiger partial charge < -0.3 is 28.8 Å². The third-order valence-electron chi connectivity index (χ3n) is 10.00. The van der Waals surface area contributed by atoms with Crippen LogP contribution in [0.2, 0.25) is 0 Å². The molecule has 8 nitrogen and oxygen atoms in total. The van der Waals surface area contributed by atoms with Gasteiger partial charge >= 0.3 is 0 Å². The van der Waals surface area contributed by atoms with Gasteiger partial charge in [0, 0.05) is 6.42 Å². The van der Waals surface area contributed by atoms with Gasteiger partial charge in [0.15, 0.2) is 0 Å². The highest BCUT2D eigenvalue weighted by atomic mass is 31.2. The Morgan fingerprint density at radius 2 is 1.04 bits per heavy atom. The summed E-state index contributed by atoms with van der Waals surface area (Å²) in [5.41, 5.74) is 0. The van der Waals surface area contributed by atoms with Gasteiger partial charge in [-0.1, -0.05) is 193 Å². The van der Waals surface area contributed by atoms with Gasteiger partial charge in [-0.15, -0.1) is 0 Å². The molecule has 0 fully saturated rings. The number of carbonyl (C=O) groups excluding carboxylic acids is 1. The molecule has 3 atom stereocenters. The molecule has 0 bridgehead atoms. The van der Waals surface area contributed by atoms with E-state index in [1.54, 1.807) is 6.08 Å². The number of carbonyl (C=O) groups is 1. The van der Waals surface area contributed by atoms with E-state index in [2.05, 4.69) is 19.2 Å². The van der Waals surface area contributed by atoms with Gasteiger partial charge in [-0.05, 0) is 19.3 Å². The lowest BCUT2D eigenvalue weighted by Crippen LogP contribution is -2.45. The lowest BCUT2D eigenvalue weighted by molar-refractivity contribution is -0.870. The second-order valence-corrected chi connectivity index (χ2v) is 17.8. The maximum atomic E-state index is 12.8. The maximum Gasteiger partial charge on any atom is 0.268 e. The van der Waals surface area contributed by atoms with E-state index in [1.807, 2.05) is 27.2 Å². The lowest BCUT2D eigenvalue weighted by atomic mass is 10.0. The fourth-order valence-electron chi connectivity index (χ4n) is 6.45. The number of quaternary nitrogens is 1. The van der Waals surface area contributed by atoms with Crippen molar-refractivity contribution in [2.75, 3.05) is 40.9 Å². The third kappa shape index (κ3) is 37.6. The van der Waals surface area contributed by atoms with Gasteiger partial charge in [0.25, 0.3) is 7.82 Å². The fraction of sp³-hybridized carbons (Fsp3) is 0.930. The summed E-state index contributed by atoms with van der Waals surface area (Å²) in [5.74, 6) is -0.200. The molecular weight excluding hydrogens is 671 g/mol. The summed E-state index contributed by atoms with van der Waals surface area (Å²) in [6.07, 6.45) is 39.8. The van der Waals surface area contributed by atoms with Crippen LogP contribution in [0, 0.1) is 0 Å². The second-order valence-electron chi connectivity index (χ2n) is 16.4. The monoisotopic (exact) mass is 759 g/mol. The quantitative estimate of drug-likeness (QED) is 0.0279. The Balaban J connectivity index is 4.29. The summed E-state index contributed by atoms with van der Waals surface area (Å²) in [7, 11) is 1.27. The van der Waals surface area contributed by atoms with Crippen LogP contribution in [0.15, 0.2) is 12.2 Å².